The van der Waals surface area contributed by atoms with Crippen LogP contribution in [-0.4, -0.2) is 38.3 Å². The van der Waals surface area contributed by atoms with Crippen molar-refractivity contribution in [2.75, 3.05) is 13.1 Å². The van der Waals surface area contributed by atoms with Crippen LogP contribution in [-0.2, 0) is 6.54 Å². The lowest BCUT2D eigenvalue weighted by molar-refractivity contribution is 0.195. The zero-order valence-electron chi connectivity index (χ0n) is 14.1. The van der Waals surface area contributed by atoms with Crippen LogP contribution >= 0.6 is 0 Å². The molecule has 1 fully saturated rings. The number of aromatic nitrogens is 4. The quantitative estimate of drug-likeness (QED) is 0.788. The number of H-pyrrole nitrogens is 1. The minimum Gasteiger partial charge on any atom is -0.340 e. The van der Waals surface area contributed by atoms with Crippen molar-refractivity contribution in [1.82, 2.24) is 25.2 Å². The lowest BCUT2D eigenvalue weighted by Crippen LogP contribution is -2.34. The third-order valence-electron chi connectivity index (χ3n) is 4.64. The Morgan fingerprint density at radius 1 is 1.40 bits per heavy atom. The molecule has 1 atom stereocenters. The first-order chi connectivity index (χ1) is 12.2. The number of rotatable bonds is 4. The second kappa shape index (κ2) is 6.76. The van der Waals surface area contributed by atoms with E-state index in [1.807, 2.05) is 19.2 Å². The van der Waals surface area contributed by atoms with E-state index in [1.54, 1.807) is 6.07 Å². The monoisotopic (exact) mass is 341 g/mol. The van der Waals surface area contributed by atoms with Crippen LogP contribution in [0.5, 0.6) is 0 Å². The lowest BCUT2D eigenvalue weighted by Gasteiger charge is -2.31. The van der Waals surface area contributed by atoms with Gasteiger partial charge in [-0.3, -0.25) is 10.00 Å². The fourth-order valence-corrected chi connectivity index (χ4v) is 3.46. The Bertz CT molecular complexity index is 859. The first-order valence-electron chi connectivity index (χ1n) is 8.50. The third kappa shape index (κ3) is 3.46. The molecule has 0 aliphatic carbocycles. The highest BCUT2D eigenvalue weighted by Gasteiger charge is 2.25. The van der Waals surface area contributed by atoms with E-state index in [2.05, 4.69) is 25.2 Å². The number of halogens is 1. The molecule has 1 aromatic carbocycles. The minimum absolute atomic E-state index is 0.247. The number of hydrogen-bond acceptors (Lipinski definition) is 5. The van der Waals surface area contributed by atoms with Gasteiger partial charge in [0.2, 0.25) is 5.89 Å². The van der Waals surface area contributed by atoms with E-state index in [0.717, 1.165) is 55.1 Å². The zero-order valence-corrected chi connectivity index (χ0v) is 14.1. The van der Waals surface area contributed by atoms with Gasteiger partial charge < -0.3 is 4.52 Å². The number of nitrogens with one attached hydrogen (secondary N) is 1. The zero-order chi connectivity index (χ0) is 17.2. The van der Waals surface area contributed by atoms with Gasteiger partial charge >= 0.3 is 0 Å². The number of aryl methyl sites for hydroxylation is 1. The van der Waals surface area contributed by atoms with E-state index in [9.17, 15) is 4.39 Å². The summed E-state index contributed by atoms with van der Waals surface area (Å²) in [5.41, 5.74) is 2.75. The van der Waals surface area contributed by atoms with Gasteiger partial charge in [-0.05, 0) is 31.5 Å². The third-order valence-corrected chi connectivity index (χ3v) is 4.64. The molecular weight excluding hydrogens is 321 g/mol. The van der Waals surface area contributed by atoms with Crippen LogP contribution in [0.15, 0.2) is 35.0 Å². The summed E-state index contributed by atoms with van der Waals surface area (Å²) in [4.78, 5) is 6.74. The Labute approximate surface area is 145 Å². The average molecular weight is 341 g/mol. The topological polar surface area (TPSA) is 70.8 Å². The standard InChI is InChI=1S/C18H20FN5O/c1-12-21-18(23-25-12)14-5-3-7-24(10-14)11-15-9-20-22-17(15)13-4-2-6-16(19)8-13/h2,4,6,8-9,14H,3,5,7,10-11H2,1H3,(H,20,22). The van der Waals surface area contributed by atoms with Crippen molar-refractivity contribution < 1.29 is 8.91 Å². The van der Waals surface area contributed by atoms with E-state index < -0.39 is 0 Å². The molecule has 6 nitrogen and oxygen atoms in total. The largest absolute Gasteiger partial charge is 0.340 e. The van der Waals surface area contributed by atoms with Crippen molar-refractivity contribution in [2.24, 2.45) is 0 Å². The Morgan fingerprint density at radius 3 is 3.12 bits per heavy atom. The molecule has 0 radical (unpaired) electrons. The summed E-state index contributed by atoms with van der Waals surface area (Å²) in [7, 11) is 0. The van der Waals surface area contributed by atoms with Crippen LogP contribution in [0.2, 0.25) is 0 Å². The van der Waals surface area contributed by atoms with Gasteiger partial charge in [-0.2, -0.15) is 10.1 Å². The van der Waals surface area contributed by atoms with Gasteiger partial charge in [0.15, 0.2) is 5.82 Å². The molecule has 1 unspecified atom stereocenters. The molecule has 3 heterocycles. The molecule has 2 aromatic heterocycles. The predicted molar refractivity (Wildman–Crippen MR) is 90.3 cm³/mol. The van der Waals surface area contributed by atoms with Gasteiger partial charge in [0.25, 0.3) is 0 Å². The summed E-state index contributed by atoms with van der Waals surface area (Å²) in [6, 6.07) is 6.58. The van der Waals surface area contributed by atoms with E-state index >= 15 is 0 Å². The van der Waals surface area contributed by atoms with E-state index in [1.165, 1.54) is 12.1 Å². The molecule has 130 valence electrons. The number of aromatic amines is 1. The second-order valence-electron chi connectivity index (χ2n) is 6.53. The van der Waals surface area contributed by atoms with Crippen molar-refractivity contribution in [3.05, 3.63) is 53.6 Å². The number of likely N-dealkylation sites (tertiary alicyclic amines) is 1. The van der Waals surface area contributed by atoms with Crippen LogP contribution in [0.3, 0.4) is 0 Å². The number of benzene rings is 1. The molecule has 25 heavy (non-hydrogen) atoms. The molecular formula is C18H20FN5O. The van der Waals surface area contributed by atoms with Crippen LogP contribution in [0, 0.1) is 12.7 Å². The van der Waals surface area contributed by atoms with Crippen LogP contribution in [0.25, 0.3) is 11.3 Å². The van der Waals surface area contributed by atoms with Crippen molar-refractivity contribution in [1.29, 1.82) is 0 Å². The molecule has 1 aliphatic heterocycles. The van der Waals surface area contributed by atoms with Crippen molar-refractivity contribution in [3.8, 4) is 11.3 Å². The highest BCUT2D eigenvalue weighted by atomic mass is 19.1. The van der Waals surface area contributed by atoms with Gasteiger partial charge in [0.05, 0.1) is 11.9 Å². The number of hydrogen-bond donors (Lipinski definition) is 1. The van der Waals surface area contributed by atoms with Crippen molar-refractivity contribution >= 4 is 0 Å². The molecule has 0 bridgehead atoms. The minimum atomic E-state index is -0.247. The van der Waals surface area contributed by atoms with Gasteiger partial charge in [-0.1, -0.05) is 17.3 Å². The lowest BCUT2D eigenvalue weighted by atomic mass is 9.96. The smallest absolute Gasteiger partial charge is 0.223 e. The Kier molecular flexibility index (Phi) is 4.31. The number of piperidine rings is 1. The van der Waals surface area contributed by atoms with Crippen LogP contribution in [0.1, 0.15) is 36.0 Å². The van der Waals surface area contributed by atoms with Crippen molar-refractivity contribution in [2.45, 2.75) is 32.2 Å². The summed E-state index contributed by atoms with van der Waals surface area (Å²) in [6.45, 7) is 4.47. The normalized spacial score (nSPS) is 18.6. The highest BCUT2D eigenvalue weighted by Crippen LogP contribution is 2.28. The van der Waals surface area contributed by atoms with Gasteiger partial charge in [0.1, 0.15) is 5.82 Å². The van der Waals surface area contributed by atoms with Gasteiger partial charge in [-0.25, -0.2) is 4.39 Å². The van der Waals surface area contributed by atoms with E-state index in [-0.39, 0.29) is 11.7 Å². The van der Waals surface area contributed by atoms with E-state index in [4.69, 9.17) is 4.52 Å². The number of nitrogens with zero attached hydrogens (tertiary/aromatic N) is 4. The summed E-state index contributed by atoms with van der Waals surface area (Å²) < 4.78 is 18.6. The van der Waals surface area contributed by atoms with Crippen molar-refractivity contribution in [3.63, 3.8) is 0 Å². The van der Waals surface area contributed by atoms with Gasteiger partial charge in [-0.15, -0.1) is 0 Å². The van der Waals surface area contributed by atoms with E-state index in [0.29, 0.717) is 5.89 Å². The second-order valence-corrected chi connectivity index (χ2v) is 6.53. The Balaban J connectivity index is 1.50. The molecule has 1 saturated heterocycles. The first kappa shape index (κ1) is 16.0. The van der Waals surface area contributed by atoms with Crippen LogP contribution < -0.4 is 0 Å². The molecule has 1 N–H and O–H groups in total. The first-order valence-corrected chi connectivity index (χ1v) is 8.50. The molecule has 0 saturated carbocycles. The Hall–Kier alpha value is -2.54. The maximum absolute atomic E-state index is 13.5. The molecule has 0 amide bonds. The average Bonchev–Trinajstić information content (AvgIpc) is 3.24. The highest BCUT2D eigenvalue weighted by molar-refractivity contribution is 5.62. The van der Waals surface area contributed by atoms with Crippen LogP contribution in [0.4, 0.5) is 4.39 Å². The van der Waals surface area contributed by atoms with Gasteiger partial charge in [0, 0.05) is 37.1 Å². The molecule has 3 aromatic rings. The fraction of sp³-hybridized carbons (Fsp3) is 0.389. The summed E-state index contributed by atoms with van der Waals surface area (Å²) >= 11 is 0. The SMILES string of the molecule is Cc1nc(C2CCCN(Cc3cn[nH]c3-c3cccc(F)c3)C2)no1. The Morgan fingerprint density at radius 2 is 2.32 bits per heavy atom. The maximum Gasteiger partial charge on any atom is 0.223 e. The molecule has 7 heteroatoms. The summed E-state index contributed by atoms with van der Waals surface area (Å²) in [5, 5.41) is 11.2. The predicted octanol–water partition coefficient (Wildman–Crippen LogP) is 3.29. The fourth-order valence-electron chi connectivity index (χ4n) is 3.46. The molecule has 4 rings (SSSR count). The summed E-state index contributed by atoms with van der Waals surface area (Å²) in [6.07, 6.45) is 3.98. The maximum atomic E-state index is 13.5. The molecule has 0 spiro atoms. The summed E-state index contributed by atoms with van der Waals surface area (Å²) in [5.74, 6) is 1.44. The molecule has 1 aliphatic rings.